The van der Waals surface area contributed by atoms with Gasteiger partial charge in [-0.1, -0.05) is 6.07 Å². The third kappa shape index (κ3) is 4.57. The van der Waals surface area contributed by atoms with Gasteiger partial charge in [0, 0.05) is 49.9 Å². The number of aliphatic hydroxyl groups is 1. The number of pyridine rings is 1. The van der Waals surface area contributed by atoms with E-state index < -0.39 is 5.60 Å². The first-order valence-corrected chi connectivity index (χ1v) is 10.9. The van der Waals surface area contributed by atoms with Crippen LogP contribution in [0.2, 0.25) is 0 Å². The van der Waals surface area contributed by atoms with E-state index in [9.17, 15) is 14.3 Å². The Bertz CT molecular complexity index is 934. The Morgan fingerprint density at radius 2 is 1.87 bits per heavy atom. The number of piperazine rings is 1. The number of anilines is 2. The Hall–Kier alpha value is -2.51. The fourth-order valence-corrected chi connectivity index (χ4v) is 4.43. The van der Waals surface area contributed by atoms with E-state index in [1.54, 1.807) is 37.1 Å². The monoisotopic (exact) mass is 426 g/mol. The molecule has 1 unspecified atom stereocenters. The molecule has 3 heterocycles. The SMILES string of the molecule is CN1CCN(c2cccc(F)c2CC2CCN(c3ccc(C(C)(C)O)nc3)C2=O)CC1. The Morgan fingerprint density at radius 1 is 1.13 bits per heavy atom. The fraction of sp³-hybridized carbons (Fsp3) is 0.500. The number of hydrogen-bond donors (Lipinski definition) is 1. The molecule has 0 saturated carbocycles. The molecule has 2 aliphatic heterocycles. The highest BCUT2D eigenvalue weighted by Crippen LogP contribution is 2.32. The molecule has 1 N–H and O–H groups in total. The van der Waals surface area contributed by atoms with Crippen LogP contribution in [0.3, 0.4) is 0 Å². The number of amides is 1. The standard InChI is InChI=1S/C24H31FN4O2/c1-24(2,31)22-8-7-18(16-26-22)29-10-9-17(23(29)30)15-19-20(25)5-4-6-21(19)28-13-11-27(3)12-14-28/h4-8,16-17,31H,9-15H2,1-3H3. The molecule has 4 rings (SSSR count). The topological polar surface area (TPSA) is 59.9 Å². The summed E-state index contributed by atoms with van der Waals surface area (Å²) < 4.78 is 14.8. The molecule has 0 aliphatic carbocycles. The van der Waals surface area contributed by atoms with Gasteiger partial charge in [0.1, 0.15) is 11.4 Å². The molecule has 0 spiro atoms. The Kier molecular flexibility index (Phi) is 5.99. The highest BCUT2D eigenvalue weighted by molar-refractivity contribution is 5.97. The van der Waals surface area contributed by atoms with Gasteiger partial charge in [0.15, 0.2) is 0 Å². The van der Waals surface area contributed by atoms with Crippen molar-refractivity contribution < 1.29 is 14.3 Å². The molecule has 6 nitrogen and oxygen atoms in total. The normalized spacial score (nSPS) is 20.5. The van der Waals surface area contributed by atoms with Crippen LogP contribution in [0.1, 0.15) is 31.5 Å². The van der Waals surface area contributed by atoms with E-state index in [4.69, 9.17) is 0 Å². The summed E-state index contributed by atoms with van der Waals surface area (Å²) in [6.07, 6.45) is 2.72. The highest BCUT2D eigenvalue weighted by atomic mass is 19.1. The molecule has 2 aliphatic rings. The number of aromatic nitrogens is 1. The number of carbonyl (C=O) groups is 1. The zero-order valence-corrected chi connectivity index (χ0v) is 18.5. The number of nitrogens with zero attached hydrogens (tertiary/aromatic N) is 4. The van der Waals surface area contributed by atoms with Gasteiger partial charge in [0.05, 0.1) is 17.6 Å². The van der Waals surface area contributed by atoms with Crippen molar-refractivity contribution in [3.05, 3.63) is 53.6 Å². The predicted octanol–water partition coefficient (Wildman–Crippen LogP) is 2.80. The van der Waals surface area contributed by atoms with Crippen LogP contribution in [0.15, 0.2) is 36.5 Å². The first-order valence-electron chi connectivity index (χ1n) is 10.9. The molecule has 2 aromatic rings. The Balaban J connectivity index is 1.50. The summed E-state index contributed by atoms with van der Waals surface area (Å²) in [5, 5.41) is 10.1. The van der Waals surface area contributed by atoms with Crippen LogP contribution in [-0.4, -0.2) is 60.7 Å². The van der Waals surface area contributed by atoms with Gasteiger partial charge in [-0.15, -0.1) is 0 Å². The maximum atomic E-state index is 14.8. The van der Waals surface area contributed by atoms with Gasteiger partial charge < -0.3 is 19.8 Å². The van der Waals surface area contributed by atoms with Gasteiger partial charge >= 0.3 is 0 Å². The number of halogens is 1. The average Bonchev–Trinajstić information content (AvgIpc) is 3.10. The number of benzene rings is 1. The lowest BCUT2D eigenvalue weighted by Gasteiger charge is -2.35. The second kappa shape index (κ2) is 8.55. The lowest BCUT2D eigenvalue weighted by Crippen LogP contribution is -2.45. The minimum absolute atomic E-state index is 0.00499. The summed E-state index contributed by atoms with van der Waals surface area (Å²) in [5.74, 6) is -0.485. The van der Waals surface area contributed by atoms with Crippen molar-refractivity contribution in [2.75, 3.05) is 49.6 Å². The van der Waals surface area contributed by atoms with Gasteiger partial charge in [0.2, 0.25) is 5.91 Å². The zero-order chi connectivity index (χ0) is 22.2. The minimum Gasteiger partial charge on any atom is -0.384 e. The molecular weight excluding hydrogens is 395 g/mol. The minimum atomic E-state index is -1.03. The molecule has 0 radical (unpaired) electrons. The van der Waals surface area contributed by atoms with E-state index in [0.29, 0.717) is 36.3 Å². The summed E-state index contributed by atoms with van der Waals surface area (Å²) in [7, 11) is 2.10. The lowest BCUT2D eigenvalue weighted by molar-refractivity contribution is -0.120. The summed E-state index contributed by atoms with van der Waals surface area (Å²) in [5.41, 5.74) is 1.80. The first kappa shape index (κ1) is 21.7. The summed E-state index contributed by atoms with van der Waals surface area (Å²) in [6, 6.07) is 8.79. The zero-order valence-electron chi connectivity index (χ0n) is 18.5. The van der Waals surface area contributed by atoms with Crippen LogP contribution in [0.5, 0.6) is 0 Å². The summed E-state index contributed by atoms with van der Waals surface area (Å²) >= 11 is 0. The summed E-state index contributed by atoms with van der Waals surface area (Å²) in [6.45, 7) is 7.55. The summed E-state index contributed by atoms with van der Waals surface area (Å²) in [4.78, 5) is 23.7. The predicted molar refractivity (Wildman–Crippen MR) is 120 cm³/mol. The highest BCUT2D eigenvalue weighted by Gasteiger charge is 2.34. The van der Waals surface area contributed by atoms with Crippen LogP contribution < -0.4 is 9.80 Å². The van der Waals surface area contributed by atoms with Crippen LogP contribution >= 0.6 is 0 Å². The van der Waals surface area contributed by atoms with Gasteiger partial charge in [-0.05, 0) is 58.0 Å². The number of hydrogen-bond acceptors (Lipinski definition) is 5. The number of likely N-dealkylation sites (N-methyl/N-ethyl adjacent to an activating group) is 1. The fourth-order valence-electron chi connectivity index (χ4n) is 4.43. The van der Waals surface area contributed by atoms with Gasteiger partial charge in [-0.2, -0.15) is 0 Å². The molecule has 1 aromatic heterocycles. The second-order valence-electron chi connectivity index (χ2n) is 9.17. The molecule has 1 amide bonds. The van der Waals surface area contributed by atoms with E-state index in [2.05, 4.69) is 21.8 Å². The van der Waals surface area contributed by atoms with Crippen LogP contribution in [0, 0.1) is 11.7 Å². The maximum Gasteiger partial charge on any atom is 0.230 e. The van der Waals surface area contributed by atoms with Crippen molar-refractivity contribution >= 4 is 17.3 Å². The Labute approximate surface area is 183 Å². The van der Waals surface area contributed by atoms with E-state index in [1.807, 2.05) is 12.1 Å². The maximum absolute atomic E-state index is 14.8. The van der Waals surface area contributed by atoms with Crippen LogP contribution in [0.4, 0.5) is 15.8 Å². The third-order valence-electron chi connectivity index (χ3n) is 6.39. The van der Waals surface area contributed by atoms with Gasteiger partial charge in [0.25, 0.3) is 0 Å². The van der Waals surface area contributed by atoms with Crippen molar-refractivity contribution in [2.45, 2.75) is 32.3 Å². The van der Waals surface area contributed by atoms with Gasteiger partial charge in [-0.3, -0.25) is 9.78 Å². The van der Waals surface area contributed by atoms with Gasteiger partial charge in [-0.25, -0.2) is 4.39 Å². The smallest absolute Gasteiger partial charge is 0.230 e. The van der Waals surface area contributed by atoms with Crippen molar-refractivity contribution in [3.63, 3.8) is 0 Å². The van der Waals surface area contributed by atoms with E-state index in [-0.39, 0.29) is 17.6 Å². The van der Waals surface area contributed by atoms with Crippen molar-refractivity contribution in [2.24, 2.45) is 5.92 Å². The molecular formula is C24H31FN4O2. The molecule has 1 atom stereocenters. The van der Waals surface area contributed by atoms with Crippen LogP contribution in [-0.2, 0) is 16.8 Å². The molecule has 1 aromatic carbocycles. The Morgan fingerprint density at radius 3 is 2.52 bits per heavy atom. The third-order valence-corrected chi connectivity index (χ3v) is 6.39. The molecule has 0 bridgehead atoms. The second-order valence-corrected chi connectivity index (χ2v) is 9.17. The molecule has 31 heavy (non-hydrogen) atoms. The first-order chi connectivity index (χ1) is 14.7. The van der Waals surface area contributed by atoms with Crippen molar-refractivity contribution in [3.8, 4) is 0 Å². The van der Waals surface area contributed by atoms with Crippen molar-refractivity contribution in [1.29, 1.82) is 0 Å². The lowest BCUT2D eigenvalue weighted by atomic mass is 9.95. The molecule has 2 saturated heterocycles. The largest absolute Gasteiger partial charge is 0.384 e. The molecule has 166 valence electrons. The van der Waals surface area contributed by atoms with E-state index >= 15 is 0 Å². The average molecular weight is 427 g/mol. The molecule has 2 fully saturated rings. The number of carbonyl (C=O) groups excluding carboxylic acids is 1. The van der Waals surface area contributed by atoms with Crippen molar-refractivity contribution in [1.82, 2.24) is 9.88 Å². The quantitative estimate of drug-likeness (QED) is 0.797. The number of rotatable bonds is 5. The van der Waals surface area contributed by atoms with Crippen LogP contribution in [0.25, 0.3) is 0 Å². The molecule has 7 heteroatoms. The van der Waals surface area contributed by atoms with E-state index in [0.717, 1.165) is 31.9 Å². The van der Waals surface area contributed by atoms with E-state index in [1.165, 1.54) is 6.07 Å².